The molecule has 1 aliphatic carbocycles. The predicted octanol–water partition coefficient (Wildman–Crippen LogP) is 1.78. The first-order chi connectivity index (χ1) is 11.6. The molecule has 0 atom stereocenters. The fraction of sp³-hybridized carbons (Fsp3) is 0.500. The fourth-order valence-corrected chi connectivity index (χ4v) is 2.59. The molecule has 24 heavy (non-hydrogen) atoms. The van der Waals surface area contributed by atoms with Gasteiger partial charge in [0, 0.05) is 18.2 Å². The fourth-order valence-electron chi connectivity index (χ4n) is 2.59. The first-order valence-corrected chi connectivity index (χ1v) is 8.50. The van der Waals surface area contributed by atoms with Crippen LogP contribution in [0, 0.1) is 5.92 Å². The molecular weight excluding hydrogens is 306 g/mol. The van der Waals surface area contributed by atoms with E-state index in [4.69, 9.17) is 0 Å². The number of nitrogens with one attached hydrogen (secondary N) is 2. The zero-order chi connectivity index (χ0) is 17.4. The summed E-state index contributed by atoms with van der Waals surface area (Å²) in [5.74, 6) is -0.459. The van der Waals surface area contributed by atoms with Gasteiger partial charge in [0.05, 0.1) is 13.1 Å². The molecule has 1 aromatic rings. The van der Waals surface area contributed by atoms with Crippen molar-refractivity contribution < 1.29 is 14.4 Å². The minimum atomic E-state index is -0.306. The van der Waals surface area contributed by atoms with Crippen molar-refractivity contribution in [3.8, 4) is 0 Å². The van der Waals surface area contributed by atoms with E-state index in [9.17, 15) is 14.4 Å². The van der Waals surface area contributed by atoms with Crippen LogP contribution in [0.3, 0.4) is 0 Å². The number of para-hydroxylation sites is 1. The molecule has 2 N–H and O–H groups in total. The third-order valence-electron chi connectivity index (χ3n) is 4.10. The van der Waals surface area contributed by atoms with Gasteiger partial charge in [0.15, 0.2) is 0 Å². The molecule has 2 rings (SSSR count). The summed E-state index contributed by atoms with van der Waals surface area (Å²) >= 11 is 0. The highest BCUT2D eigenvalue weighted by atomic mass is 16.2. The van der Waals surface area contributed by atoms with Crippen molar-refractivity contribution in [3.05, 3.63) is 30.3 Å². The molecule has 6 nitrogen and oxygen atoms in total. The largest absolute Gasteiger partial charge is 0.345 e. The van der Waals surface area contributed by atoms with Crippen LogP contribution in [0.25, 0.3) is 0 Å². The van der Waals surface area contributed by atoms with Gasteiger partial charge in [-0.1, -0.05) is 31.5 Å². The van der Waals surface area contributed by atoms with E-state index in [2.05, 4.69) is 10.6 Å². The van der Waals surface area contributed by atoms with E-state index < -0.39 is 0 Å². The lowest BCUT2D eigenvalue weighted by Crippen LogP contribution is -2.46. The molecular formula is C18H25N3O3. The molecule has 0 heterocycles. The first-order valence-electron chi connectivity index (χ1n) is 8.50. The van der Waals surface area contributed by atoms with Crippen molar-refractivity contribution in [2.45, 2.75) is 32.6 Å². The topological polar surface area (TPSA) is 78.5 Å². The zero-order valence-electron chi connectivity index (χ0n) is 14.1. The van der Waals surface area contributed by atoms with Crippen LogP contribution in [0.2, 0.25) is 0 Å². The number of nitrogens with zero attached hydrogens (tertiary/aromatic N) is 1. The van der Waals surface area contributed by atoms with Crippen LogP contribution in [0.5, 0.6) is 0 Å². The molecule has 3 amide bonds. The smallest absolute Gasteiger partial charge is 0.243 e. The molecule has 0 radical (unpaired) electrons. The van der Waals surface area contributed by atoms with Gasteiger partial charge in [-0.05, 0) is 31.4 Å². The Hall–Kier alpha value is -2.37. The van der Waals surface area contributed by atoms with Crippen LogP contribution in [0.4, 0.5) is 5.69 Å². The van der Waals surface area contributed by atoms with Crippen LogP contribution < -0.4 is 10.6 Å². The number of carbonyl (C=O) groups is 3. The Labute approximate surface area is 142 Å². The molecule has 0 aliphatic heterocycles. The average Bonchev–Trinajstić information content (AvgIpc) is 2.52. The number of rotatable bonds is 8. The molecule has 0 bridgehead atoms. The summed E-state index contributed by atoms with van der Waals surface area (Å²) in [4.78, 5) is 37.8. The average molecular weight is 331 g/mol. The lowest BCUT2D eigenvalue weighted by molar-refractivity contribution is -0.141. The van der Waals surface area contributed by atoms with Gasteiger partial charge in [0.2, 0.25) is 17.7 Å². The molecule has 1 saturated carbocycles. The van der Waals surface area contributed by atoms with Gasteiger partial charge in [0.25, 0.3) is 0 Å². The summed E-state index contributed by atoms with van der Waals surface area (Å²) in [7, 11) is 0. The van der Waals surface area contributed by atoms with Gasteiger partial charge >= 0.3 is 0 Å². The second-order valence-electron chi connectivity index (χ2n) is 6.08. The third kappa shape index (κ3) is 5.37. The van der Waals surface area contributed by atoms with Crippen LogP contribution in [-0.2, 0) is 14.4 Å². The molecule has 0 unspecified atom stereocenters. The quantitative estimate of drug-likeness (QED) is 0.762. The van der Waals surface area contributed by atoms with Gasteiger partial charge in [0.1, 0.15) is 0 Å². The molecule has 6 heteroatoms. The van der Waals surface area contributed by atoms with Crippen LogP contribution >= 0.6 is 0 Å². The Bertz CT molecular complexity index is 570. The van der Waals surface area contributed by atoms with Crippen LogP contribution in [0.15, 0.2) is 30.3 Å². The lowest BCUT2D eigenvalue weighted by atomic mass is 9.84. The molecule has 1 fully saturated rings. The van der Waals surface area contributed by atoms with E-state index in [-0.39, 0.29) is 36.7 Å². The number of carbonyl (C=O) groups excluding carboxylic acids is 3. The van der Waals surface area contributed by atoms with Crippen molar-refractivity contribution in [1.82, 2.24) is 10.2 Å². The minimum absolute atomic E-state index is 0.0157. The molecule has 0 aromatic heterocycles. The van der Waals surface area contributed by atoms with Gasteiger partial charge in [-0.2, -0.15) is 0 Å². The summed E-state index contributed by atoms with van der Waals surface area (Å²) in [5, 5.41) is 5.28. The van der Waals surface area contributed by atoms with E-state index in [1.165, 1.54) is 0 Å². The maximum atomic E-state index is 12.3. The number of anilines is 1. The molecule has 1 aromatic carbocycles. The molecule has 130 valence electrons. The Morgan fingerprint density at radius 1 is 1.12 bits per heavy atom. The Balaban J connectivity index is 1.75. The Morgan fingerprint density at radius 3 is 2.42 bits per heavy atom. The normalized spacial score (nSPS) is 13.7. The lowest BCUT2D eigenvalue weighted by Gasteiger charge is -2.31. The summed E-state index contributed by atoms with van der Waals surface area (Å²) < 4.78 is 0. The van der Waals surface area contributed by atoms with Crippen molar-refractivity contribution in [3.63, 3.8) is 0 Å². The van der Waals surface area contributed by atoms with Crippen LogP contribution in [0.1, 0.15) is 32.6 Å². The number of hydrogen-bond acceptors (Lipinski definition) is 3. The van der Waals surface area contributed by atoms with Crippen molar-refractivity contribution in [2.75, 3.05) is 25.0 Å². The van der Waals surface area contributed by atoms with Gasteiger partial charge < -0.3 is 15.5 Å². The van der Waals surface area contributed by atoms with Gasteiger partial charge in [-0.15, -0.1) is 0 Å². The molecule has 0 spiro atoms. The maximum Gasteiger partial charge on any atom is 0.243 e. The van der Waals surface area contributed by atoms with E-state index in [1.807, 2.05) is 25.1 Å². The Morgan fingerprint density at radius 2 is 1.83 bits per heavy atom. The van der Waals surface area contributed by atoms with Crippen molar-refractivity contribution >= 4 is 23.4 Å². The highest BCUT2D eigenvalue weighted by molar-refractivity contribution is 5.95. The highest BCUT2D eigenvalue weighted by Gasteiger charge is 2.29. The van der Waals surface area contributed by atoms with E-state index >= 15 is 0 Å². The highest BCUT2D eigenvalue weighted by Crippen LogP contribution is 2.28. The SMILES string of the molecule is CCCN(CC(=O)NCC(=O)Nc1ccccc1)C(=O)C1CCC1. The standard InChI is InChI=1S/C18H25N3O3/c1-2-11-21(18(24)14-7-6-8-14)13-17(23)19-12-16(22)20-15-9-4-3-5-10-15/h3-5,9-10,14H,2,6-8,11-13H2,1H3,(H,19,23)(H,20,22). The maximum absolute atomic E-state index is 12.3. The van der Waals surface area contributed by atoms with Crippen molar-refractivity contribution in [1.29, 1.82) is 0 Å². The minimum Gasteiger partial charge on any atom is -0.345 e. The number of benzene rings is 1. The number of amides is 3. The summed E-state index contributed by atoms with van der Waals surface area (Å²) in [6.07, 6.45) is 3.72. The van der Waals surface area contributed by atoms with E-state index in [0.29, 0.717) is 12.2 Å². The van der Waals surface area contributed by atoms with Crippen LogP contribution in [-0.4, -0.2) is 42.3 Å². The zero-order valence-corrected chi connectivity index (χ0v) is 14.1. The van der Waals surface area contributed by atoms with Gasteiger partial charge in [-0.3, -0.25) is 14.4 Å². The predicted molar refractivity (Wildman–Crippen MR) is 92.3 cm³/mol. The first kappa shape index (κ1) is 18.0. The molecule has 1 aliphatic rings. The second-order valence-corrected chi connectivity index (χ2v) is 6.08. The van der Waals surface area contributed by atoms with E-state index in [0.717, 1.165) is 25.7 Å². The monoisotopic (exact) mass is 331 g/mol. The summed E-state index contributed by atoms with van der Waals surface area (Å²) in [6, 6.07) is 9.06. The summed E-state index contributed by atoms with van der Waals surface area (Å²) in [5.41, 5.74) is 0.685. The Kier molecular flexibility index (Phi) is 6.78. The van der Waals surface area contributed by atoms with E-state index in [1.54, 1.807) is 17.0 Å². The second kappa shape index (κ2) is 9.05. The summed E-state index contributed by atoms with van der Waals surface area (Å²) in [6.45, 7) is 2.46. The van der Waals surface area contributed by atoms with Crippen molar-refractivity contribution in [2.24, 2.45) is 5.92 Å². The number of hydrogen-bond donors (Lipinski definition) is 2. The molecule has 0 saturated heterocycles. The third-order valence-corrected chi connectivity index (χ3v) is 4.10. The van der Waals surface area contributed by atoms with Gasteiger partial charge in [-0.25, -0.2) is 0 Å².